The van der Waals surface area contributed by atoms with Crippen molar-refractivity contribution in [2.24, 2.45) is 0 Å². The molecule has 0 saturated carbocycles. The summed E-state index contributed by atoms with van der Waals surface area (Å²) in [6.45, 7) is 2.59. The predicted octanol–water partition coefficient (Wildman–Crippen LogP) is 0.866. The van der Waals surface area contributed by atoms with Crippen molar-refractivity contribution in [3.8, 4) is 0 Å². The van der Waals surface area contributed by atoms with E-state index in [1.807, 2.05) is 6.92 Å². The highest BCUT2D eigenvalue weighted by atomic mass is 16.5. The normalized spacial score (nSPS) is 9.73. The molecule has 0 radical (unpaired) electrons. The Labute approximate surface area is 89.1 Å². The second-order valence-electron chi connectivity index (χ2n) is 3.13. The molecule has 0 atom stereocenters. The van der Waals surface area contributed by atoms with E-state index in [4.69, 9.17) is 4.74 Å². The van der Waals surface area contributed by atoms with E-state index in [-0.39, 0.29) is 12.5 Å². The first kappa shape index (κ1) is 11.4. The Balaban J connectivity index is 2.42. The lowest BCUT2D eigenvalue weighted by Crippen LogP contribution is -2.28. The van der Waals surface area contributed by atoms with Crippen LogP contribution in [0, 0.1) is 0 Å². The second kappa shape index (κ2) is 5.95. The molecule has 0 N–H and O–H groups in total. The maximum absolute atomic E-state index is 11.3. The van der Waals surface area contributed by atoms with Gasteiger partial charge in [-0.15, -0.1) is 0 Å². The van der Waals surface area contributed by atoms with Gasteiger partial charge in [0, 0.05) is 19.4 Å². The van der Waals surface area contributed by atoms with Crippen LogP contribution in [-0.4, -0.2) is 36.1 Å². The zero-order valence-electron chi connectivity index (χ0n) is 9.01. The Hall–Kier alpha value is -1.65. The van der Waals surface area contributed by atoms with Crippen LogP contribution in [0.3, 0.4) is 0 Å². The number of likely N-dealkylation sites (N-methyl/N-ethyl adjacent to an activating group) is 1. The van der Waals surface area contributed by atoms with Gasteiger partial charge in [0.1, 0.15) is 6.54 Å². The number of carbonyl (C=O) groups excluding carboxylic acids is 1. The number of carbonyl (C=O) groups is 1. The first-order valence-electron chi connectivity index (χ1n) is 4.87. The Morgan fingerprint density at radius 3 is 2.73 bits per heavy atom. The number of aromatic nitrogens is 2. The van der Waals surface area contributed by atoms with Crippen LogP contribution in [0.25, 0.3) is 0 Å². The van der Waals surface area contributed by atoms with Gasteiger partial charge in [-0.05, 0) is 12.5 Å². The van der Waals surface area contributed by atoms with Crippen LogP contribution in [0.1, 0.15) is 13.3 Å². The quantitative estimate of drug-likeness (QED) is 0.673. The van der Waals surface area contributed by atoms with Gasteiger partial charge in [0.25, 0.3) is 0 Å². The number of nitrogens with zero attached hydrogens (tertiary/aromatic N) is 3. The minimum atomic E-state index is -0.258. The highest BCUT2D eigenvalue weighted by Crippen LogP contribution is 2.01. The van der Waals surface area contributed by atoms with Crippen LogP contribution < -0.4 is 4.90 Å². The zero-order chi connectivity index (χ0) is 11.1. The molecule has 0 fully saturated rings. The molecule has 0 aliphatic rings. The van der Waals surface area contributed by atoms with Crippen LogP contribution in [-0.2, 0) is 9.53 Å². The van der Waals surface area contributed by atoms with Gasteiger partial charge in [-0.1, -0.05) is 6.92 Å². The van der Waals surface area contributed by atoms with Crippen LogP contribution in [0.2, 0.25) is 0 Å². The first-order valence-corrected chi connectivity index (χ1v) is 4.87. The van der Waals surface area contributed by atoms with E-state index in [9.17, 15) is 4.79 Å². The summed E-state index contributed by atoms with van der Waals surface area (Å²) in [4.78, 5) is 21.0. The number of rotatable bonds is 5. The molecule has 0 bridgehead atoms. The van der Waals surface area contributed by atoms with Crippen LogP contribution in [0.5, 0.6) is 0 Å². The minimum absolute atomic E-state index is 0.171. The molecule has 0 saturated heterocycles. The highest BCUT2D eigenvalue weighted by Gasteiger charge is 2.09. The standard InChI is InChI=1S/C10H15N3O2/c1-3-7-15-9(14)8-13(2)10-11-5-4-6-12-10/h4-6H,3,7-8H2,1-2H3. The molecular formula is C10H15N3O2. The third kappa shape index (κ3) is 3.93. The van der Waals surface area contributed by atoms with Gasteiger partial charge in [0.15, 0.2) is 0 Å². The SMILES string of the molecule is CCCOC(=O)CN(C)c1ncccn1. The van der Waals surface area contributed by atoms with E-state index in [2.05, 4.69) is 9.97 Å². The van der Waals surface area contributed by atoms with Crippen molar-refractivity contribution in [3.05, 3.63) is 18.5 Å². The van der Waals surface area contributed by atoms with E-state index in [0.29, 0.717) is 12.6 Å². The molecule has 0 aliphatic heterocycles. The number of anilines is 1. The fourth-order valence-corrected chi connectivity index (χ4v) is 1.01. The summed E-state index contributed by atoms with van der Waals surface area (Å²) in [5.41, 5.74) is 0. The van der Waals surface area contributed by atoms with E-state index in [1.54, 1.807) is 30.4 Å². The number of hydrogen-bond donors (Lipinski definition) is 0. The molecule has 0 spiro atoms. The Bertz CT molecular complexity index is 303. The summed E-state index contributed by atoms with van der Waals surface area (Å²) in [6, 6.07) is 1.73. The number of hydrogen-bond acceptors (Lipinski definition) is 5. The Morgan fingerprint density at radius 1 is 1.47 bits per heavy atom. The fraction of sp³-hybridized carbons (Fsp3) is 0.500. The molecule has 0 amide bonds. The van der Waals surface area contributed by atoms with E-state index < -0.39 is 0 Å². The lowest BCUT2D eigenvalue weighted by atomic mass is 10.5. The molecule has 1 aromatic rings. The van der Waals surface area contributed by atoms with Crippen molar-refractivity contribution in [2.75, 3.05) is 25.1 Å². The van der Waals surface area contributed by atoms with Gasteiger partial charge in [0.2, 0.25) is 5.95 Å². The first-order chi connectivity index (χ1) is 7.24. The van der Waals surface area contributed by atoms with Gasteiger partial charge in [0.05, 0.1) is 6.61 Å². The molecule has 0 aliphatic carbocycles. The third-order valence-electron chi connectivity index (χ3n) is 1.73. The average molecular weight is 209 g/mol. The Kier molecular flexibility index (Phi) is 4.53. The van der Waals surface area contributed by atoms with Crippen molar-refractivity contribution in [2.45, 2.75) is 13.3 Å². The molecule has 1 rings (SSSR count). The maximum atomic E-state index is 11.3. The summed E-state index contributed by atoms with van der Waals surface area (Å²) < 4.78 is 4.95. The van der Waals surface area contributed by atoms with Gasteiger partial charge in [-0.25, -0.2) is 9.97 Å². The molecule has 0 unspecified atom stereocenters. The lowest BCUT2D eigenvalue weighted by molar-refractivity contribution is -0.141. The minimum Gasteiger partial charge on any atom is -0.464 e. The molecule has 1 aromatic heterocycles. The smallest absolute Gasteiger partial charge is 0.325 e. The third-order valence-corrected chi connectivity index (χ3v) is 1.73. The fourth-order valence-electron chi connectivity index (χ4n) is 1.01. The van der Waals surface area contributed by atoms with Gasteiger partial charge in [-0.3, -0.25) is 4.79 Å². The zero-order valence-corrected chi connectivity index (χ0v) is 9.01. The molecule has 82 valence electrons. The maximum Gasteiger partial charge on any atom is 0.325 e. The average Bonchev–Trinajstić information content (AvgIpc) is 2.27. The molecule has 0 aromatic carbocycles. The van der Waals surface area contributed by atoms with Crippen molar-refractivity contribution >= 4 is 11.9 Å². The van der Waals surface area contributed by atoms with Crippen LogP contribution in [0.4, 0.5) is 5.95 Å². The van der Waals surface area contributed by atoms with E-state index in [0.717, 1.165) is 6.42 Å². The van der Waals surface area contributed by atoms with Crippen molar-refractivity contribution < 1.29 is 9.53 Å². The monoisotopic (exact) mass is 209 g/mol. The molecule has 5 heteroatoms. The lowest BCUT2D eigenvalue weighted by Gasteiger charge is -2.15. The predicted molar refractivity (Wildman–Crippen MR) is 56.6 cm³/mol. The van der Waals surface area contributed by atoms with E-state index >= 15 is 0 Å². The summed E-state index contributed by atoms with van der Waals surface area (Å²) in [5.74, 6) is 0.262. The molecule has 5 nitrogen and oxygen atoms in total. The second-order valence-corrected chi connectivity index (χ2v) is 3.13. The van der Waals surface area contributed by atoms with Crippen LogP contribution in [0.15, 0.2) is 18.5 Å². The number of ether oxygens (including phenoxy) is 1. The molecule has 1 heterocycles. The highest BCUT2D eigenvalue weighted by molar-refractivity contribution is 5.74. The topological polar surface area (TPSA) is 55.3 Å². The van der Waals surface area contributed by atoms with Crippen molar-refractivity contribution in [3.63, 3.8) is 0 Å². The van der Waals surface area contributed by atoms with Crippen molar-refractivity contribution in [1.82, 2.24) is 9.97 Å². The van der Waals surface area contributed by atoms with E-state index in [1.165, 1.54) is 0 Å². The molecular weight excluding hydrogens is 194 g/mol. The number of esters is 1. The summed E-state index contributed by atoms with van der Waals surface area (Å²) in [7, 11) is 1.75. The van der Waals surface area contributed by atoms with Gasteiger partial charge in [-0.2, -0.15) is 0 Å². The van der Waals surface area contributed by atoms with Crippen LogP contribution >= 0.6 is 0 Å². The van der Waals surface area contributed by atoms with Crippen molar-refractivity contribution in [1.29, 1.82) is 0 Å². The summed E-state index contributed by atoms with van der Waals surface area (Å²) in [5, 5.41) is 0. The summed E-state index contributed by atoms with van der Waals surface area (Å²) >= 11 is 0. The molecule has 15 heavy (non-hydrogen) atoms. The largest absolute Gasteiger partial charge is 0.464 e. The Morgan fingerprint density at radius 2 is 2.13 bits per heavy atom. The summed E-state index contributed by atoms with van der Waals surface area (Å²) in [6.07, 6.45) is 4.10. The van der Waals surface area contributed by atoms with Gasteiger partial charge >= 0.3 is 5.97 Å². The van der Waals surface area contributed by atoms with Gasteiger partial charge < -0.3 is 9.64 Å².